The van der Waals surface area contributed by atoms with Gasteiger partial charge in [0.1, 0.15) is 5.82 Å². The standard InChI is InChI=1S/C13H15FN4OS/c1-8-17-11(7-20-8)6-16-5-10-3-2-9(4-12(10)14)13(15)18-19/h2-4,7,16,19H,5-6H2,1H3,(H2,15,18). The molecule has 0 aliphatic carbocycles. The average molecular weight is 294 g/mol. The molecule has 0 bridgehead atoms. The molecule has 0 spiro atoms. The van der Waals surface area contributed by atoms with E-state index in [-0.39, 0.29) is 5.84 Å². The van der Waals surface area contributed by atoms with Crippen molar-refractivity contribution >= 4 is 17.2 Å². The minimum Gasteiger partial charge on any atom is -0.409 e. The minimum absolute atomic E-state index is 0.110. The maximum Gasteiger partial charge on any atom is 0.170 e. The van der Waals surface area contributed by atoms with Gasteiger partial charge in [-0.3, -0.25) is 0 Å². The summed E-state index contributed by atoms with van der Waals surface area (Å²) in [6, 6.07) is 4.48. The van der Waals surface area contributed by atoms with Crippen LogP contribution >= 0.6 is 11.3 Å². The zero-order valence-corrected chi connectivity index (χ0v) is 11.7. The van der Waals surface area contributed by atoms with Crippen LogP contribution in [0, 0.1) is 12.7 Å². The smallest absolute Gasteiger partial charge is 0.170 e. The van der Waals surface area contributed by atoms with Gasteiger partial charge >= 0.3 is 0 Å². The van der Waals surface area contributed by atoms with E-state index in [4.69, 9.17) is 10.9 Å². The highest BCUT2D eigenvalue weighted by molar-refractivity contribution is 7.09. The molecule has 0 saturated heterocycles. The normalized spacial score (nSPS) is 11.8. The number of rotatable bonds is 5. The molecule has 4 N–H and O–H groups in total. The molecule has 1 aromatic carbocycles. The summed E-state index contributed by atoms with van der Waals surface area (Å²) in [7, 11) is 0. The number of oxime groups is 1. The van der Waals surface area contributed by atoms with Crippen molar-refractivity contribution in [1.82, 2.24) is 10.3 Å². The van der Waals surface area contributed by atoms with Gasteiger partial charge in [-0.25, -0.2) is 9.37 Å². The lowest BCUT2D eigenvalue weighted by Crippen LogP contribution is -2.16. The molecule has 5 nitrogen and oxygen atoms in total. The molecule has 0 aliphatic rings. The van der Waals surface area contributed by atoms with Crippen molar-refractivity contribution in [2.75, 3.05) is 0 Å². The number of aryl methyl sites for hydroxylation is 1. The number of nitrogens with one attached hydrogen (secondary N) is 1. The molecule has 2 rings (SSSR count). The van der Waals surface area contributed by atoms with Crippen molar-refractivity contribution in [2.24, 2.45) is 10.9 Å². The molecule has 1 heterocycles. The van der Waals surface area contributed by atoms with E-state index < -0.39 is 5.82 Å². The monoisotopic (exact) mass is 294 g/mol. The highest BCUT2D eigenvalue weighted by atomic mass is 32.1. The van der Waals surface area contributed by atoms with Crippen molar-refractivity contribution in [3.8, 4) is 0 Å². The topological polar surface area (TPSA) is 83.5 Å². The minimum atomic E-state index is -0.393. The van der Waals surface area contributed by atoms with Gasteiger partial charge in [-0.05, 0) is 13.0 Å². The summed E-state index contributed by atoms with van der Waals surface area (Å²) < 4.78 is 13.8. The van der Waals surface area contributed by atoms with Crippen molar-refractivity contribution in [3.05, 3.63) is 51.2 Å². The van der Waals surface area contributed by atoms with E-state index >= 15 is 0 Å². The molecule has 0 fully saturated rings. The lowest BCUT2D eigenvalue weighted by molar-refractivity contribution is 0.318. The van der Waals surface area contributed by atoms with Crippen LogP contribution in [-0.4, -0.2) is 16.0 Å². The molecular weight excluding hydrogens is 279 g/mol. The second-order valence-corrected chi connectivity index (χ2v) is 5.32. The quantitative estimate of drug-likeness (QED) is 0.341. The van der Waals surface area contributed by atoms with Gasteiger partial charge in [0, 0.05) is 29.6 Å². The molecule has 7 heteroatoms. The Morgan fingerprint density at radius 1 is 1.50 bits per heavy atom. The van der Waals surface area contributed by atoms with Crippen molar-refractivity contribution < 1.29 is 9.60 Å². The van der Waals surface area contributed by atoms with Crippen LogP contribution in [0.1, 0.15) is 21.8 Å². The summed E-state index contributed by atoms with van der Waals surface area (Å²) in [6.07, 6.45) is 0. The first-order chi connectivity index (χ1) is 9.60. The molecule has 20 heavy (non-hydrogen) atoms. The Balaban J connectivity index is 1.96. The van der Waals surface area contributed by atoms with Gasteiger partial charge in [-0.1, -0.05) is 17.3 Å². The third-order valence-electron chi connectivity index (χ3n) is 2.74. The summed E-state index contributed by atoms with van der Waals surface area (Å²) in [6.45, 7) is 2.92. The Bertz CT molecular complexity index is 627. The van der Waals surface area contributed by atoms with Gasteiger partial charge in [0.05, 0.1) is 10.7 Å². The third-order valence-corrected chi connectivity index (χ3v) is 3.57. The van der Waals surface area contributed by atoms with Gasteiger partial charge in [0.15, 0.2) is 5.84 Å². The highest BCUT2D eigenvalue weighted by Gasteiger charge is 2.06. The number of amidine groups is 1. The van der Waals surface area contributed by atoms with E-state index in [1.165, 1.54) is 6.07 Å². The van der Waals surface area contributed by atoms with Crippen LogP contribution in [0.25, 0.3) is 0 Å². The number of thiazole rings is 1. The number of nitrogens with zero attached hydrogens (tertiary/aromatic N) is 2. The number of halogens is 1. The molecule has 0 saturated carbocycles. The van der Waals surface area contributed by atoms with Crippen LogP contribution in [0.2, 0.25) is 0 Å². The molecule has 0 radical (unpaired) electrons. The molecule has 0 amide bonds. The molecule has 2 aromatic rings. The fourth-order valence-electron chi connectivity index (χ4n) is 1.72. The maximum atomic E-state index is 13.8. The van der Waals surface area contributed by atoms with Crippen LogP contribution in [0.5, 0.6) is 0 Å². The zero-order chi connectivity index (χ0) is 14.5. The maximum absolute atomic E-state index is 13.8. The van der Waals surface area contributed by atoms with E-state index in [2.05, 4.69) is 15.5 Å². The van der Waals surface area contributed by atoms with E-state index in [9.17, 15) is 4.39 Å². The Labute approximate surface area is 120 Å². The van der Waals surface area contributed by atoms with Crippen LogP contribution in [0.3, 0.4) is 0 Å². The van der Waals surface area contributed by atoms with Gasteiger partial charge in [0.2, 0.25) is 0 Å². The Morgan fingerprint density at radius 3 is 2.90 bits per heavy atom. The largest absolute Gasteiger partial charge is 0.409 e. The first kappa shape index (κ1) is 14.4. The van der Waals surface area contributed by atoms with Gasteiger partial charge in [-0.15, -0.1) is 11.3 Å². The Kier molecular flexibility index (Phi) is 4.65. The first-order valence-corrected chi connectivity index (χ1v) is 6.86. The first-order valence-electron chi connectivity index (χ1n) is 5.98. The lowest BCUT2D eigenvalue weighted by atomic mass is 10.1. The molecule has 0 aliphatic heterocycles. The summed E-state index contributed by atoms with van der Waals surface area (Å²) in [4.78, 5) is 4.31. The average Bonchev–Trinajstić information content (AvgIpc) is 2.85. The fourth-order valence-corrected chi connectivity index (χ4v) is 2.33. The molecule has 1 aromatic heterocycles. The van der Waals surface area contributed by atoms with Gasteiger partial charge in [0.25, 0.3) is 0 Å². The Hall–Kier alpha value is -1.99. The number of hydrogen-bond acceptors (Lipinski definition) is 5. The SMILES string of the molecule is Cc1nc(CNCc2ccc(C(N)=NO)cc2F)cs1. The van der Waals surface area contributed by atoms with E-state index in [1.807, 2.05) is 12.3 Å². The van der Waals surface area contributed by atoms with E-state index in [0.29, 0.717) is 24.2 Å². The van der Waals surface area contributed by atoms with Gasteiger partial charge in [-0.2, -0.15) is 0 Å². The van der Waals surface area contributed by atoms with Crippen molar-refractivity contribution in [1.29, 1.82) is 0 Å². The number of benzene rings is 1. The molecule has 0 atom stereocenters. The second kappa shape index (κ2) is 6.44. The molecule has 106 valence electrons. The number of aromatic nitrogens is 1. The van der Waals surface area contributed by atoms with E-state index in [1.54, 1.807) is 23.5 Å². The van der Waals surface area contributed by atoms with Crippen LogP contribution in [0.15, 0.2) is 28.7 Å². The summed E-state index contributed by atoms with van der Waals surface area (Å²) in [5, 5.41) is 17.5. The number of nitrogens with two attached hydrogens (primary N) is 1. The second-order valence-electron chi connectivity index (χ2n) is 4.25. The summed E-state index contributed by atoms with van der Waals surface area (Å²) in [5.41, 5.74) is 7.22. The van der Waals surface area contributed by atoms with Crippen LogP contribution in [0.4, 0.5) is 4.39 Å². The predicted molar refractivity (Wildman–Crippen MR) is 76.3 cm³/mol. The lowest BCUT2D eigenvalue weighted by Gasteiger charge is -2.06. The zero-order valence-electron chi connectivity index (χ0n) is 10.9. The number of hydrogen-bond donors (Lipinski definition) is 3. The Morgan fingerprint density at radius 2 is 2.30 bits per heavy atom. The summed E-state index contributed by atoms with van der Waals surface area (Å²) >= 11 is 1.59. The predicted octanol–water partition coefficient (Wildman–Crippen LogP) is 1.97. The highest BCUT2D eigenvalue weighted by Crippen LogP contribution is 2.11. The molecule has 0 unspecified atom stereocenters. The van der Waals surface area contributed by atoms with Gasteiger partial charge < -0.3 is 16.3 Å². The fraction of sp³-hybridized carbons (Fsp3) is 0.231. The summed E-state index contributed by atoms with van der Waals surface area (Å²) in [5.74, 6) is -0.502. The van der Waals surface area contributed by atoms with Crippen molar-refractivity contribution in [2.45, 2.75) is 20.0 Å². The van der Waals surface area contributed by atoms with Crippen LogP contribution < -0.4 is 11.1 Å². The van der Waals surface area contributed by atoms with Crippen LogP contribution in [-0.2, 0) is 13.1 Å². The van der Waals surface area contributed by atoms with E-state index in [0.717, 1.165) is 10.7 Å². The molecular formula is C13H15FN4OS. The van der Waals surface area contributed by atoms with Crippen molar-refractivity contribution in [3.63, 3.8) is 0 Å². The third kappa shape index (κ3) is 3.52.